The van der Waals surface area contributed by atoms with Crippen molar-refractivity contribution in [1.82, 2.24) is 5.32 Å². The summed E-state index contributed by atoms with van der Waals surface area (Å²) in [5.41, 5.74) is 4.05. The minimum Gasteiger partial charge on any atom is -0.493 e. The molecule has 1 amide bonds. The number of amides is 1. The highest BCUT2D eigenvalue weighted by Gasteiger charge is 2.20. The fourth-order valence-corrected chi connectivity index (χ4v) is 3.41. The van der Waals surface area contributed by atoms with Gasteiger partial charge in [0, 0.05) is 36.7 Å². The van der Waals surface area contributed by atoms with Crippen LogP contribution in [0.5, 0.6) is 5.75 Å². The molecule has 26 heavy (non-hydrogen) atoms. The zero-order valence-electron chi connectivity index (χ0n) is 14.9. The molecule has 0 saturated carbocycles. The number of hydrogen-bond donors (Lipinski definition) is 1. The number of carbonyl (C=O) groups is 1. The Morgan fingerprint density at radius 1 is 1.23 bits per heavy atom. The van der Waals surface area contributed by atoms with Gasteiger partial charge in [0.15, 0.2) is 0 Å². The molecule has 1 unspecified atom stereocenters. The summed E-state index contributed by atoms with van der Waals surface area (Å²) >= 11 is 0. The van der Waals surface area contributed by atoms with E-state index in [0.29, 0.717) is 24.6 Å². The number of rotatable bonds is 4. The van der Waals surface area contributed by atoms with Gasteiger partial charge in [0.05, 0.1) is 12.3 Å². The summed E-state index contributed by atoms with van der Waals surface area (Å²) in [6, 6.07) is 15.7. The number of nitrogens with one attached hydrogen (secondary N) is 1. The molecule has 1 N–H and O–H groups in total. The Kier molecular flexibility index (Phi) is 4.61. The first kappa shape index (κ1) is 16.6. The quantitative estimate of drug-likeness (QED) is 0.922. The molecular formula is C21H23N3O2. The second kappa shape index (κ2) is 7.20. The Labute approximate surface area is 153 Å². The van der Waals surface area contributed by atoms with E-state index in [1.807, 2.05) is 54.4 Å². The predicted octanol–water partition coefficient (Wildman–Crippen LogP) is 3.25. The van der Waals surface area contributed by atoms with Gasteiger partial charge in [-0.25, -0.2) is 0 Å². The van der Waals surface area contributed by atoms with Crippen LogP contribution < -0.4 is 15.1 Å². The van der Waals surface area contributed by atoms with Crippen molar-refractivity contribution in [3.8, 4) is 5.75 Å². The molecule has 0 spiro atoms. The number of hydrazone groups is 1. The van der Waals surface area contributed by atoms with Crippen LogP contribution in [0, 0.1) is 5.92 Å². The molecule has 4 rings (SSSR count). The molecule has 2 aliphatic heterocycles. The lowest BCUT2D eigenvalue weighted by Crippen LogP contribution is -2.34. The van der Waals surface area contributed by atoms with E-state index in [2.05, 4.69) is 16.5 Å². The molecule has 134 valence electrons. The van der Waals surface area contributed by atoms with Gasteiger partial charge in [-0.3, -0.25) is 9.80 Å². The largest absolute Gasteiger partial charge is 0.493 e. The highest BCUT2D eigenvalue weighted by Crippen LogP contribution is 2.26. The number of benzene rings is 2. The van der Waals surface area contributed by atoms with Crippen molar-refractivity contribution < 1.29 is 9.53 Å². The van der Waals surface area contributed by atoms with Crippen molar-refractivity contribution in [2.45, 2.75) is 19.8 Å². The van der Waals surface area contributed by atoms with Crippen LogP contribution in [0.25, 0.3) is 0 Å². The van der Waals surface area contributed by atoms with Gasteiger partial charge in [0.2, 0.25) is 0 Å². The van der Waals surface area contributed by atoms with Crippen molar-refractivity contribution in [1.29, 1.82) is 0 Å². The summed E-state index contributed by atoms with van der Waals surface area (Å²) in [6.45, 7) is 4.20. The zero-order chi connectivity index (χ0) is 17.9. The third-order valence-corrected chi connectivity index (χ3v) is 4.91. The van der Waals surface area contributed by atoms with E-state index in [4.69, 9.17) is 4.74 Å². The molecule has 5 nitrogen and oxygen atoms in total. The number of fused-ring (bicyclic) bond motifs is 1. The number of nitrogens with zero attached hydrogens (tertiary/aromatic N) is 2. The maximum Gasteiger partial charge on any atom is 0.251 e. The number of anilines is 1. The average molecular weight is 349 g/mol. The van der Waals surface area contributed by atoms with Crippen molar-refractivity contribution >= 4 is 17.3 Å². The second-order valence-electron chi connectivity index (χ2n) is 6.95. The number of carbonyl (C=O) groups excluding carboxylic acids is 1. The Morgan fingerprint density at radius 2 is 2.04 bits per heavy atom. The molecule has 2 heterocycles. The smallest absolute Gasteiger partial charge is 0.251 e. The number of ether oxygens (including phenoxy) is 1. The minimum atomic E-state index is -0.0449. The van der Waals surface area contributed by atoms with Crippen LogP contribution in [-0.2, 0) is 6.42 Å². The van der Waals surface area contributed by atoms with Crippen LogP contribution in [0.2, 0.25) is 0 Å². The minimum absolute atomic E-state index is 0.0449. The first-order valence-electron chi connectivity index (χ1n) is 9.09. The lowest BCUT2D eigenvalue weighted by Gasteiger charge is -2.25. The van der Waals surface area contributed by atoms with Crippen molar-refractivity contribution in [2.24, 2.45) is 11.0 Å². The number of hydrogen-bond acceptors (Lipinski definition) is 4. The average Bonchev–Trinajstić information content (AvgIpc) is 3.12. The fourth-order valence-electron chi connectivity index (χ4n) is 3.41. The van der Waals surface area contributed by atoms with Gasteiger partial charge in [0.25, 0.3) is 5.91 Å². The summed E-state index contributed by atoms with van der Waals surface area (Å²) in [4.78, 5) is 12.4. The highest BCUT2D eigenvalue weighted by molar-refractivity contribution is 5.94. The molecular weight excluding hydrogens is 326 g/mol. The summed E-state index contributed by atoms with van der Waals surface area (Å²) in [5, 5.41) is 9.50. The molecule has 0 fully saturated rings. The monoisotopic (exact) mass is 349 g/mol. The maximum absolute atomic E-state index is 12.4. The van der Waals surface area contributed by atoms with Crippen molar-refractivity contribution in [3.05, 3.63) is 59.7 Å². The molecule has 5 heteroatoms. The van der Waals surface area contributed by atoms with Gasteiger partial charge < -0.3 is 10.1 Å². The van der Waals surface area contributed by atoms with E-state index >= 15 is 0 Å². The lowest BCUT2D eigenvalue weighted by atomic mass is 9.96. The van der Waals surface area contributed by atoms with Crippen LogP contribution in [0.15, 0.2) is 53.6 Å². The Bertz CT molecular complexity index is 829. The van der Waals surface area contributed by atoms with Gasteiger partial charge in [-0.05, 0) is 49.2 Å². The highest BCUT2D eigenvalue weighted by atomic mass is 16.5. The predicted molar refractivity (Wildman–Crippen MR) is 103 cm³/mol. The van der Waals surface area contributed by atoms with Crippen LogP contribution in [0.4, 0.5) is 5.69 Å². The normalized spacial score (nSPS) is 18.7. The number of para-hydroxylation sites is 1. The van der Waals surface area contributed by atoms with Crippen LogP contribution in [0.3, 0.4) is 0 Å². The Morgan fingerprint density at radius 3 is 2.81 bits per heavy atom. The third-order valence-electron chi connectivity index (χ3n) is 4.91. The van der Waals surface area contributed by atoms with E-state index in [-0.39, 0.29) is 5.91 Å². The molecule has 0 saturated heterocycles. The molecule has 0 aliphatic carbocycles. The van der Waals surface area contributed by atoms with Gasteiger partial charge in [-0.2, -0.15) is 5.10 Å². The van der Waals surface area contributed by atoms with Gasteiger partial charge in [-0.15, -0.1) is 0 Å². The van der Waals surface area contributed by atoms with Crippen molar-refractivity contribution in [2.75, 3.05) is 24.7 Å². The molecule has 0 aromatic heterocycles. The molecule has 2 aliphatic rings. The zero-order valence-corrected chi connectivity index (χ0v) is 14.9. The van der Waals surface area contributed by atoms with E-state index in [0.717, 1.165) is 36.5 Å². The van der Waals surface area contributed by atoms with E-state index in [9.17, 15) is 4.79 Å². The molecule has 0 bridgehead atoms. The van der Waals surface area contributed by atoms with E-state index in [1.54, 1.807) is 0 Å². The first-order valence-corrected chi connectivity index (χ1v) is 9.09. The Hall–Kier alpha value is -2.82. The summed E-state index contributed by atoms with van der Waals surface area (Å²) in [5.74, 6) is 1.22. The standard InChI is InChI=1S/C21H23N3O2/c1-15-10-11-24(23-15)19-8-6-17(7-9-19)21(25)22-13-16-12-18-4-2-3-5-20(18)26-14-16/h2-9,16H,10-14H2,1H3,(H,22,25). The maximum atomic E-state index is 12.4. The van der Waals surface area contributed by atoms with Gasteiger partial charge in [0.1, 0.15) is 5.75 Å². The lowest BCUT2D eigenvalue weighted by molar-refractivity contribution is 0.0939. The fraction of sp³-hybridized carbons (Fsp3) is 0.333. The topological polar surface area (TPSA) is 53.9 Å². The van der Waals surface area contributed by atoms with Gasteiger partial charge in [-0.1, -0.05) is 18.2 Å². The Balaban J connectivity index is 1.33. The third kappa shape index (κ3) is 3.57. The summed E-state index contributed by atoms with van der Waals surface area (Å²) in [6.07, 6.45) is 1.93. The molecule has 2 aromatic carbocycles. The molecule has 1 atom stereocenters. The summed E-state index contributed by atoms with van der Waals surface area (Å²) < 4.78 is 5.79. The van der Waals surface area contributed by atoms with Gasteiger partial charge >= 0.3 is 0 Å². The SMILES string of the molecule is CC1=NN(c2ccc(C(=O)NCC3COc4ccccc4C3)cc2)CC1. The summed E-state index contributed by atoms with van der Waals surface area (Å²) in [7, 11) is 0. The molecule has 0 radical (unpaired) electrons. The van der Waals surface area contributed by atoms with Crippen LogP contribution in [0.1, 0.15) is 29.3 Å². The van der Waals surface area contributed by atoms with Crippen LogP contribution in [-0.4, -0.2) is 31.3 Å². The van der Waals surface area contributed by atoms with Crippen LogP contribution >= 0.6 is 0 Å². The molecule has 2 aromatic rings. The van der Waals surface area contributed by atoms with E-state index < -0.39 is 0 Å². The first-order chi connectivity index (χ1) is 12.7. The second-order valence-corrected chi connectivity index (χ2v) is 6.95. The van der Waals surface area contributed by atoms with Crippen molar-refractivity contribution in [3.63, 3.8) is 0 Å². The van der Waals surface area contributed by atoms with E-state index in [1.165, 1.54) is 5.56 Å².